The maximum Gasteiger partial charge on any atom is 0.416 e. The minimum absolute atomic E-state index is 0.0594. The van der Waals surface area contributed by atoms with Crippen LogP contribution in [-0.4, -0.2) is 28.9 Å². The molecule has 0 saturated carbocycles. The average molecular weight is 495 g/mol. The van der Waals surface area contributed by atoms with E-state index in [1.54, 1.807) is 30.3 Å². The third kappa shape index (κ3) is 6.14. The normalized spacial score (nSPS) is 12.3. The number of aromatic nitrogens is 3. The third-order valence-electron chi connectivity index (χ3n) is 4.53. The summed E-state index contributed by atoms with van der Waals surface area (Å²) >= 11 is 0. The summed E-state index contributed by atoms with van der Waals surface area (Å²) in [5.41, 5.74) is 0.250. The lowest BCUT2D eigenvalue weighted by Crippen LogP contribution is -2.17. The van der Waals surface area contributed by atoms with Crippen molar-refractivity contribution in [2.75, 3.05) is 0 Å². The van der Waals surface area contributed by atoms with Gasteiger partial charge in [0.25, 0.3) is 5.78 Å². The number of benzene rings is 2. The van der Waals surface area contributed by atoms with Gasteiger partial charge in [-0.2, -0.15) is 26.3 Å². The Morgan fingerprint density at radius 1 is 0.941 bits per heavy atom. The lowest BCUT2D eigenvalue weighted by Gasteiger charge is -2.15. The number of alkyl halides is 6. The van der Waals surface area contributed by atoms with Crippen LogP contribution in [0.5, 0.6) is 0 Å². The molecule has 0 unspecified atom stereocenters. The summed E-state index contributed by atoms with van der Waals surface area (Å²) in [6.07, 6.45) is -9.96. The summed E-state index contributed by atoms with van der Waals surface area (Å²) in [6.45, 7) is 5.34. The van der Waals surface area contributed by atoms with E-state index in [0.717, 1.165) is 4.68 Å². The molecular weight excluding hydrogens is 476 g/mol. The fourth-order valence-electron chi connectivity index (χ4n) is 3.05. The predicted octanol–water partition coefficient (Wildman–Crippen LogP) is 6.09. The number of halogens is 6. The van der Waals surface area contributed by atoms with E-state index in [0.29, 0.717) is 17.7 Å². The zero-order valence-corrected chi connectivity index (χ0v) is 19.3. The SMILES string of the molecule is C[Si](C)(C)C#CC(=O)c1nnn(Cc2cc(C(F)(F)F)cc(C(F)(F)F)c2)c1-c1ccccc1. The minimum Gasteiger partial charge on any atom is -0.277 e. The van der Waals surface area contributed by atoms with E-state index in [2.05, 4.69) is 21.8 Å². The molecule has 1 heterocycles. The van der Waals surface area contributed by atoms with Crippen LogP contribution in [0.4, 0.5) is 26.3 Å². The van der Waals surface area contributed by atoms with Gasteiger partial charge in [0.05, 0.1) is 17.7 Å². The molecule has 0 aliphatic carbocycles. The lowest BCUT2D eigenvalue weighted by atomic mass is 10.0. The number of carbonyl (C=O) groups is 1. The van der Waals surface area contributed by atoms with Crippen LogP contribution in [0, 0.1) is 11.5 Å². The number of Topliss-reactive ketones (excluding diaryl/α,β-unsaturated/α-hetero) is 1. The topological polar surface area (TPSA) is 47.8 Å². The summed E-state index contributed by atoms with van der Waals surface area (Å²) in [5.74, 6) is 1.91. The van der Waals surface area contributed by atoms with Crippen LogP contribution in [-0.2, 0) is 18.9 Å². The summed E-state index contributed by atoms with van der Waals surface area (Å²) in [7, 11) is -1.90. The molecule has 34 heavy (non-hydrogen) atoms. The highest BCUT2D eigenvalue weighted by Gasteiger charge is 2.37. The van der Waals surface area contributed by atoms with Crippen LogP contribution in [0.15, 0.2) is 48.5 Å². The van der Waals surface area contributed by atoms with Crippen molar-refractivity contribution in [2.45, 2.75) is 38.5 Å². The Morgan fingerprint density at radius 3 is 2.00 bits per heavy atom. The maximum absolute atomic E-state index is 13.3. The van der Waals surface area contributed by atoms with Gasteiger partial charge in [-0.25, -0.2) is 4.68 Å². The highest BCUT2D eigenvalue weighted by molar-refractivity contribution is 6.84. The number of ketones is 1. The maximum atomic E-state index is 13.3. The van der Waals surface area contributed by atoms with Gasteiger partial charge in [-0.3, -0.25) is 4.79 Å². The smallest absolute Gasteiger partial charge is 0.277 e. The molecule has 2 aromatic carbocycles. The molecule has 0 amide bonds. The molecular formula is C23H19F6N3OSi. The van der Waals surface area contributed by atoms with Crippen LogP contribution in [0.25, 0.3) is 11.3 Å². The first-order valence-electron chi connectivity index (χ1n) is 10.00. The van der Waals surface area contributed by atoms with Crippen molar-refractivity contribution in [1.29, 1.82) is 0 Å². The van der Waals surface area contributed by atoms with Crippen molar-refractivity contribution in [3.63, 3.8) is 0 Å². The van der Waals surface area contributed by atoms with Crippen molar-refractivity contribution < 1.29 is 31.1 Å². The summed E-state index contributed by atoms with van der Waals surface area (Å²) < 4.78 is 80.6. The number of hydrogen-bond donors (Lipinski definition) is 0. The van der Waals surface area contributed by atoms with Crippen LogP contribution in [0.3, 0.4) is 0 Å². The quantitative estimate of drug-likeness (QED) is 0.190. The molecule has 3 rings (SSSR count). The monoisotopic (exact) mass is 495 g/mol. The number of hydrogen-bond acceptors (Lipinski definition) is 3. The fourth-order valence-corrected chi connectivity index (χ4v) is 3.53. The Bertz CT molecular complexity index is 1230. The molecule has 0 N–H and O–H groups in total. The highest BCUT2D eigenvalue weighted by atomic mass is 28.3. The van der Waals surface area contributed by atoms with Crippen LogP contribution < -0.4 is 0 Å². The van der Waals surface area contributed by atoms with Gasteiger partial charge in [0.1, 0.15) is 13.8 Å². The van der Waals surface area contributed by atoms with Crippen molar-refractivity contribution in [3.05, 3.63) is 70.9 Å². The second-order valence-electron chi connectivity index (χ2n) is 8.55. The Hall–Kier alpha value is -3.39. The molecule has 0 fully saturated rings. The molecule has 0 spiro atoms. The standard InChI is InChI=1S/C23H19F6N3OSi/c1-34(2,3)10-9-19(33)20-21(16-7-5-4-6-8-16)32(31-30-20)14-15-11-17(22(24,25)26)13-18(12-15)23(27,28)29/h4-8,11-13H,14H2,1-3H3. The van der Waals surface area contributed by atoms with Crippen LogP contribution >= 0.6 is 0 Å². The lowest BCUT2D eigenvalue weighted by molar-refractivity contribution is -0.143. The molecule has 0 atom stereocenters. The fraction of sp³-hybridized carbons (Fsp3) is 0.261. The van der Waals surface area contributed by atoms with Gasteiger partial charge < -0.3 is 0 Å². The Kier molecular flexibility index (Phi) is 6.75. The first-order valence-corrected chi connectivity index (χ1v) is 13.5. The van der Waals surface area contributed by atoms with E-state index in [1.165, 1.54) is 0 Å². The number of nitrogens with zero attached hydrogens (tertiary/aromatic N) is 3. The number of rotatable bonds is 4. The van der Waals surface area contributed by atoms with Crippen LogP contribution in [0.1, 0.15) is 27.2 Å². The molecule has 0 aliphatic rings. The van der Waals surface area contributed by atoms with Crippen LogP contribution in [0.2, 0.25) is 19.6 Å². The van der Waals surface area contributed by atoms with Gasteiger partial charge in [0, 0.05) is 5.56 Å². The van der Waals surface area contributed by atoms with E-state index in [9.17, 15) is 31.1 Å². The van der Waals surface area contributed by atoms with Crippen molar-refractivity contribution in [3.8, 4) is 22.7 Å². The number of carbonyl (C=O) groups excluding carboxylic acids is 1. The van der Waals surface area contributed by atoms with Crippen molar-refractivity contribution in [2.24, 2.45) is 0 Å². The molecule has 1 aromatic heterocycles. The molecule has 0 saturated heterocycles. The van der Waals surface area contributed by atoms with Gasteiger partial charge in [-0.05, 0) is 29.7 Å². The van der Waals surface area contributed by atoms with E-state index < -0.39 is 43.9 Å². The zero-order chi connectivity index (χ0) is 25.3. The van der Waals surface area contributed by atoms with Gasteiger partial charge in [0.2, 0.25) is 0 Å². The van der Waals surface area contributed by atoms with E-state index >= 15 is 0 Å². The Morgan fingerprint density at radius 2 is 1.50 bits per heavy atom. The molecule has 178 valence electrons. The van der Waals surface area contributed by atoms with Gasteiger partial charge in [-0.1, -0.05) is 55.2 Å². The largest absolute Gasteiger partial charge is 0.416 e. The van der Waals surface area contributed by atoms with E-state index in [-0.39, 0.29) is 23.0 Å². The summed E-state index contributed by atoms with van der Waals surface area (Å²) in [4.78, 5) is 12.8. The molecule has 3 aromatic rings. The minimum atomic E-state index is -4.98. The van der Waals surface area contributed by atoms with Gasteiger partial charge in [0.15, 0.2) is 5.69 Å². The Balaban J connectivity index is 2.14. The predicted molar refractivity (Wildman–Crippen MR) is 116 cm³/mol. The highest BCUT2D eigenvalue weighted by Crippen LogP contribution is 2.36. The molecule has 0 radical (unpaired) electrons. The average Bonchev–Trinajstić information content (AvgIpc) is 3.14. The first kappa shape index (κ1) is 25.2. The third-order valence-corrected chi connectivity index (χ3v) is 5.40. The summed E-state index contributed by atoms with van der Waals surface area (Å²) in [5, 5.41) is 7.73. The molecule has 11 heteroatoms. The van der Waals surface area contributed by atoms with Gasteiger partial charge >= 0.3 is 12.4 Å². The van der Waals surface area contributed by atoms with E-state index in [1.807, 2.05) is 19.6 Å². The van der Waals surface area contributed by atoms with Gasteiger partial charge in [-0.15, -0.1) is 10.6 Å². The molecule has 0 aliphatic heterocycles. The van der Waals surface area contributed by atoms with Crippen molar-refractivity contribution >= 4 is 13.9 Å². The molecule has 4 nitrogen and oxygen atoms in total. The summed E-state index contributed by atoms with van der Waals surface area (Å²) in [6, 6.07) is 9.62. The molecule has 0 bridgehead atoms. The van der Waals surface area contributed by atoms with Crippen molar-refractivity contribution in [1.82, 2.24) is 15.0 Å². The van der Waals surface area contributed by atoms with E-state index in [4.69, 9.17) is 0 Å². The zero-order valence-electron chi connectivity index (χ0n) is 18.3. The second kappa shape index (κ2) is 9.10. The second-order valence-corrected chi connectivity index (χ2v) is 13.3. The Labute approximate surface area is 192 Å². The first-order chi connectivity index (χ1) is 15.6.